The van der Waals surface area contributed by atoms with E-state index in [1.165, 1.54) is 19.1 Å². The van der Waals surface area contributed by atoms with E-state index in [1.54, 1.807) is 18.2 Å². The molecule has 1 aliphatic rings. The normalized spacial score (nSPS) is 13.5. The molecule has 3 aromatic carbocycles. The Morgan fingerprint density at radius 1 is 0.818 bits per heavy atom. The van der Waals surface area contributed by atoms with Crippen LogP contribution in [0.5, 0.6) is 11.5 Å². The molecule has 168 valence electrons. The van der Waals surface area contributed by atoms with E-state index in [4.69, 9.17) is 9.47 Å². The van der Waals surface area contributed by atoms with Gasteiger partial charge in [-0.05, 0) is 30.2 Å². The van der Waals surface area contributed by atoms with Crippen LogP contribution in [0.2, 0.25) is 0 Å². The van der Waals surface area contributed by atoms with Gasteiger partial charge in [0.15, 0.2) is 0 Å². The average molecular weight is 443 g/mol. The highest BCUT2D eigenvalue weighted by molar-refractivity contribution is 6.45. The van der Waals surface area contributed by atoms with Crippen LogP contribution in [0, 0.1) is 0 Å². The fourth-order valence-electron chi connectivity index (χ4n) is 4.02. The van der Waals surface area contributed by atoms with Gasteiger partial charge in [-0.2, -0.15) is 0 Å². The minimum atomic E-state index is -0.390. The Labute approximate surface area is 193 Å². The molecule has 6 nitrogen and oxygen atoms in total. The molecule has 33 heavy (non-hydrogen) atoms. The first-order valence-electron chi connectivity index (χ1n) is 10.8. The van der Waals surface area contributed by atoms with Crippen LogP contribution in [0.15, 0.2) is 84.6 Å². The summed E-state index contributed by atoms with van der Waals surface area (Å²) in [6.45, 7) is 3.04. The second-order valence-corrected chi connectivity index (χ2v) is 7.57. The first-order chi connectivity index (χ1) is 16.1. The second-order valence-electron chi connectivity index (χ2n) is 7.57. The summed E-state index contributed by atoms with van der Waals surface area (Å²) in [6, 6.07) is 24.3. The van der Waals surface area contributed by atoms with Crippen molar-refractivity contribution in [1.29, 1.82) is 0 Å². The van der Waals surface area contributed by atoms with Gasteiger partial charge in [0.25, 0.3) is 11.8 Å². The standard InChI is InChI=1S/C27H26N2O4/c1-4-28(18-19-11-7-5-8-12-19)25-24(20-13-9-6-10-14-20)26(30)29(27(25)31)22-17-21(32-2)15-16-23(22)33-3/h5-17H,4,18H2,1-3H3. The molecular weight excluding hydrogens is 416 g/mol. The number of nitrogens with zero attached hydrogens (tertiary/aromatic N) is 2. The minimum absolute atomic E-state index is 0.353. The maximum atomic E-state index is 13.9. The zero-order chi connectivity index (χ0) is 23.4. The molecule has 0 N–H and O–H groups in total. The Kier molecular flexibility index (Phi) is 6.45. The Morgan fingerprint density at radius 2 is 1.48 bits per heavy atom. The van der Waals surface area contributed by atoms with Gasteiger partial charge in [-0.3, -0.25) is 9.59 Å². The van der Waals surface area contributed by atoms with Gasteiger partial charge in [0.2, 0.25) is 0 Å². The van der Waals surface area contributed by atoms with E-state index in [0.29, 0.717) is 47.1 Å². The number of methoxy groups -OCH3 is 2. The SMILES string of the molecule is CCN(Cc1ccccc1)C1=C(c2ccccc2)C(=O)N(c2cc(OC)ccc2OC)C1=O. The molecule has 0 fully saturated rings. The molecule has 0 saturated heterocycles. The van der Waals surface area contributed by atoms with E-state index in [1.807, 2.05) is 72.5 Å². The monoisotopic (exact) mass is 442 g/mol. The van der Waals surface area contributed by atoms with Gasteiger partial charge in [0.1, 0.15) is 17.2 Å². The fraction of sp³-hybridized carbons (Fsp3) is 0.185. The number of rotatable bonds is 8. The fourth-order valence-corrected chi connectivity index (χ4v) is 4.02. The predicted octanol–water partition coefficient (Wildman–Crippen LogP) is 4.51. The molecule has 0 aliphatic carbocycles. The van der Waals surface area contributed by atoms with Crippen molar-refractivity contribution in [3.63, 3.8) is 0 Å². The molecule has 1 heterocycles. The molecule has 4 rings (SSSR count). The highest BCUT2D eigenvalue weighted by atomic mass is 16.5. The molecule has 0 spiro atoms. The van der Waals surface area contributed by atoms with Gasteiger partial charge in [-0.25, -0.2) is 4.90 Å². The third-order valence-electron chi connectivity index (χ3n) is 5.66. The van der Waals surface area contributed by atoms with Crippen molar-refractivity contribution >= 4 is 23.1 Å². The summed E-state index contributed by atoms with van der Waals surface area (Å²) in [7, 11) is 3.05. The van der Waals surface area contributed by atoms with E-state index in [2.05, 4.69) is 0 Å². The first-order valence-corrected chi connectivity index (χ1v) is 10.8. The topological polar surface area (TPSA) is 59.1 Å². The molecule has 0 bridgehead atoms. The van der Waals surface area contributed by atoms with Gasteiger partial charge >= 0.3 is 0 Å². The number of carbonyl (C=O) groups is 2. The highest BCUT2D eigenvalue weighted by Crippen LogP contribution is 2.40. The molecule has 1 aliphatic heterocycles. The van der Waals surface area contributed by atoms with Gasteiger partial charge in [0.05, 0.1) is 25.5 Å². The number of imide groups is 1. The number of hydrogen-bond donors (Lipinski definition) is 0. The zero-order valence-electron chi connectivity index (χ0n) is 18.9. The van der Waals surface area contributed by atoms with Crippen LogP contribution in [0.25, 0.3) is 5.57 Å². The molecule has 2 amide bonds. The molecular formula is C27H26N2O4. The number of anilines is 1. The van der Waals surface area contributed by atoms with Crippen molar-refractivity contribution < 1.29 is 19.1 Å². The summed E-state index contributed by atoms with van der Waals surface area (Å²) >= 11 is 0. The van der Waals surface area contributed by atoms with E-state index < -0.39 is 0 Å². The van der Waals surface area contributed by atoms with Gasteiger partial charge in [-0.1, -0.05) is 60.7 Å². The molecule has 0 saturated carbocycles. The Balaban J connectivity index is 1.85. The summed E-state index contributed by atoms with van der Waals surface area (Å²) in [5, 5.41) is 0. The maximum absolute atomic E-state index is 13.9. The lowest BCUT2D eigenvalue weighted by Crippen LogP contribution is -2.35. The number of benzene rings is 3. The third-order valence-corrected chi connectivity index (χ3v) is 5.66. The lowest BCUT2D eigenvalue weighted by molar-refractivity contribution is -0.120. The van der Waals surface area contributed by atoms with Crippen LogP contribution in [-0.2, 0) is 16.1 Å². The number of amides is 2. The number of hydrogen-bond acceptors (Lipinski definition) is 5. The molecule has 0 unspecified atom stereocenters. The van der Waals surface area contributed by atoms with Crippen LogP contribution in [0.1, 0.15) is 18.1 Å². The molecule has 0 aromatic heterocycles. The smallest absolute Gasteiger partial charge is 0.282 e. The second kappa shape index (κ2) is 9.61. The van der Waals surface area contributed by atoms with E-state index in [9.17, 15) is 9.59 Å². The van der Waals surface area contributed by atoms with Gasteiger partial charge in [-0.15, -0.1) is 0 Å². The van der Waals surface area contributed by atoms with Gasteiger partial charge < -0.3 is 14.4 Å². The summed E-state index contributed by atoms with van der Waals surface area (Å²) in [4.78, 5) is 30.8. The summed E-state index contributed by atoms with van der Waals surface area (Å²) < 4.78 is 10.8. The number of carbonyl (C=O) groups excluding carboxylic acids is 2. The van der Waals surface area contributed by atoms with E-state index in [0.717, 1.165) is 5.56 Å². The van der Waals surface area contributed by atoms with E-state index >= 15 is 0 Å². The number of likely N-dealkylation sites (N-methyl/N-ethyl adjacent to an activating group) is 1. The van der Waals surface area contributed by atoms with Crippen LogP contribution >= 0.6 is 0 Å². The average Bonchev–Trinajstić information content (AvgIpc) is 3.12. The third kappa shape index (κ3) is 4.20. The van der Waals surface area contributed by atoms with Crippen molar-refractivity contribution in [1.82, 2.24) is 4.90 Å². The lowest BCUT2D eigenvalue weighted by Gasteiger charge is -2.25. The van der Waals surface area contributed by atoms with E-state index in [-0.39, 0.29) is 11.8 Å². The van der Waals surface area contributed by atoms with Crippen molar-refractivity contribution in [2.45, 2.75) is 13.5 Å². The van der Waals surface area contributed by atoms with Gasteiger partial charge in [0, 0.05) is 19.2 Å². The van der Waals surface area contributed by atoms with Crippen LogP contribution < -0.4 is 14.4 Å². The number of ether oxygens (including phenoxy) is 2. The summed E-state index contributed by atoms with van der Waals surface area (Å²) in [6.07, 6.45) is 0. The molecule has 0 radical (unpaired) electrons. The summed E-state index contributed by atoms with van der Waals surface area (Å²) in [5.74, 6) is 0.164. The zero-order valence-corrected chi connectivity index (χ0v) is 18.9. The minimum Gasteiger partial charge on any atom is -0.497 e. The van der Waals surface area contributed by atoms with Crippen LogP contribution in [-0.4, -0.2) is 37.5 Å². The molecule has 6 heteroatoms. The van der Waals surface area contributed by atoms with Crippen molar-refractivity contribution in [3.05, 3.63) is 95.7 Å². The van der Waals surface area contributed by atoms with Crippen molar-refractivity contribution in [2.24, 2.45) is 0 Å². The molecule has 3 aromatic rings. The Hall–Kier alpha value is -4.06. The molecule has 0 atom stereocenters. The lowest BCUT2D eigenvalue weighted by atomic mass is 10.0. The Morgan fingerprint density at radius 3 is 2.09 bits per heavy atom. The van der Waals surface area contributed by atoms with Crippen LogP contribution in [0.4, 0.5) is 5.69 Å². The van der Waals surface area contributed by atoms with Crippen LogP contribution in [0.3, 0.4) is 0 Å². The quantitative estimate of drug-likeness (QED) is 0.481. The van der Waals surface area contributed by atoms with Crippen molar-refractivity contribution in [3.8, 4) is 11.5 Å². The largest absolute Gasteiger partial charge is 0.497 e. The highest BCUT2D eigenvalue weighted by Gasteiger charge is 2.43. The summed E-state index contributed by atoms with van der Waals surface area (Å²) in [5.41, 5.74) is 2.86. The first kappa shape index (κ1) is 22.1. The predicted molar refractivity (Wildman–Crippen MR) is 128 cm³/mol. The van der Waals surface area contributed by atoms with Crippen molar-refractivity contribution in [2.75, 3.05) is 25.7 Å². The Bertz CT molecular complexity index is 1190. The maximum Gasteiger partial charge on any atom is 0.282 e.